The van der Waals surface area contributed by atoms with Crippen LogP contribution in [0.15, 0.2) is 36.4 Å². The molecule has 1 atom stereocenters. The van der Waals surface area contributed by atoms with Gasteiger partial charge in [0, 0.05) is 18.6 Å². The van der Waals surface area contributed by atoms with Crippen molar-refractivity contribution in [1.82, 2.24) is 5.32 Å². The number of hydrogen-bond acceptors (Lipinski definition) is 3. The van der Waals surface area contributed by atoms with Crippen LogP contribution in [0.25, 0.3) is 10.8 Å². The largest absolute Gasteiger partial charge is 0.497 e. The Morgan fingerprint density at radius 2 is 1.95 bits per heavy atom. The van der Waals surface area contributed by atoms with Crippen molar-refractivity contribution in [3.63, 3.8) is 0 Å². The zero-order valence-electron chi connectivity index (χ0n) is 11.2. The van der Waals surface area contributed by atoms with Crippen LogP contribution in [0.5, 0.6) is 5.75 Å². The Balaban J connectivity index is 1.79. The summed E-state index contributed by atoms with van der Waals surface area (Å²) in [4.78, 5) is 0. The summed E-state index contributed by atoms with van der Waals surface area (Å²) in [6.07, 6.45) is 2.59. The average Bonchev–Trinajstić information content (AvgIpc) is 3.27. The molecule has 0 amide bonds. The normalized spacial score (nSPS) is 16.5. The van der Waals surface area contributed by atoms with Gasteiger partial charge in [-0.1, -0.05) is 18.2 Å². The minimum absolute atomic E-state index is 0.0621. The average molecular weight is 256 g/mol. The second-order valence-electron chi connectivity index (χ2n) is 5.26. The van der Waals surface area contributed by atoms with E-state index in [9.17, 15) is 0 Å². The van der Waals surface area contributed by atoms with E-state index in [0.717, 1.165) is 12.3 Å². The zero-order valence-corrected chi connectivity index (χ0v) is 11.2. The van der Waals surface area contributed by atoms with E-state index in [-0.39, 0.29) is 6.04 Å². The van der Waals surface area contributed by atoms with Crippen molar-refractivity contribution < 1.29 is 4.74 Å². The molecule has 19 heavy (non-hydrogen) atoms. The quantitative estimate of drug-likeness (QED) is 0.864. The molecule has 1 aliphatic carbocycles. The molecule has 1 fully saturated rings. The fraction of sp³-hybridized carbons (Fsp3) is 0.375. The monoisotopic (exact) mass is 256 g/mol. The molecule has 3 rings (SSSR count). The van der Waals surface area contributed by atoms with Crippen LogP contribution in [0.4, 0.5) is 0 Å². The van der Waals surface area contributed by atoms with Crippen molar-refractivity contribution >= 4 is 10.8 Å². The molecule has 0 saturated heterocycles. The topological polar surface area (TPSA) is 47.3 Å². The number of rotatable bonds is 5. The maximum atomic E-state index is 6.23. The lowest BCUT2D eigenvalue weighted by Gasteiger charge is -2.14. The second-order valence-corrected chi connectivity index (χ2v) is 5.26. The fourth-order valence-corrected chi connectivity index (χ4v) is 2.30. The summed E-state index contributed by atoms with van der Waals surface area (Å²) >= 11 is 0. The van der Waals surface area contributed by atoms with Crippen molar-refractivity contribution in [2.75, 3.05) is 13.7 Å². The van der Waals surface area contributed by atoms with Crippen LogP contribution in [0, 0.1) is 0 Å². The summed E-state index contributed by atoms with van der Waals surface area (Å²) in [7, 11) is 1.69. The van der Waals surface area contributed by atoms with Gasteiger partial charge < -0.3 is 15.8 Å². The van der Waals surface area contributed by atoms with Gasteiger partial charge in [-0.15, -0.1) is 0 Å². The standard InChI is InChI=1S/C16H20N2O/c1-19-15-7-4-11-8-13(3-2-12(11)9-15)16(17)10-18-14-5-6-14/h2-4,7-9,14,16,18H,5-6,10,17H2,1H3. The van der Waals surface area contributed by atoms with Crippen LogP contribution >= 0.6 is 0 Å². The Morgan fingerprint density at radius 3 is 2.68 bits per heavy atom. The molecule has 3 nitrogen and oxygen atoms in total. The van der Waals surface area contributed by atoms with Crippen molar-refractivity contribution in [2.24, 2.45) is 5.73 Å². The number of fused-ring (bicyclic) bond motifs is 1. The molecule has 0 aromatic heterocycles. The van der Waals surface area contributed by atoms with Gasteiger partial charge in [0.1, 0.15) is 5.75 Å². The SMILES string of the molecule is COc1ccc2cc(C(N)CNC3CC3)ccc2c1. The van der Waals surface area contributed by atoms with Gasteiger partial charge in [-0.25, -0.2) is 0 Å². The van der Waals surface area contributed by atoms with Crippen LogP contribution < -0.4 is 15.8 Å². The smallest absolute Gasteiger partial charge is 0.119 e. The predicted molar refractivity (Wildman–Crippen MR) is 78.5 cm³/mol. The first-order chi connectivity index (χ1) is 9.26. The molecule has 3 heteroatoms. The molecule has 0 aliphatic heterocycles. The van der Waals surface area contributed by atoms with Gasteiger partial charge in [0.05, 0.1) is 7.11 Å². The third-order valence-electron chi connectivity index (χ3n) is 3.70. The molecule has 0 bridgehead atoms. The van der Waals surface area contributed by atoms with E-state index >= 15 is 0 Å². The van der Waals surface area contributed by atoms with E-state index in [0.29, 0.717) is 6.04 Å². The maximum absolute atomic E-state index is 6.23. The van der Waals surface area contributed by atoms with Gasteiger partial charge in [0.15, 0.2) is 0 Å². The Morgan fingerprint density at radius 1 is 1.21 bits per heavy atom. The van der Waals surface area contributed by atoms with Gasteiger partial charge in [-0.05, 0) is 47.4 Å². The first kappa shape index (κ1) is 12.5. The van der Waals surface area contributed by atoms with E-state index in [4.69, 9.17) is 10.5 Å². The lowest BCUT2D eigenvalue weighted by atomic mass is 10.0. The van der Waals surface area contributed by atoms with Gasteiger partial charge in [0.2, 0.25) is 0 Å². The number of methoxy groups -OCH3 is 1. The molecule has 1 unspecified atom stereocenters. The Labute approximate surface area is 113 Å². The summed E-state index contributed by atoms with van der Waals surface area (Å²) in [5, 5.41) is 5.87. The zero-order chi connectivity index (χ0) is 13.2. The van der Waals surface area contributed by atoms with Crippen molar-refractivity contribution in [1.29, 1.82) is 0 Å². The number of ether oxygens (including phenoxy) is 1. The second kappa shape index (κ2) is 5.19. The number of hydrogen-bond donors (Lipinski definition) is 2. The summed E-state index contributed by atoms with van der Waals surface area (Å²) in [5.74, 6) is 0.889. The van der Waals surface area contributed by atoms with Crippen LogP contribution in [-0.4, -0.2) is 19.7 Å². The molecule has 0 spiro atoms. The molecule has 0 heterocycles. The van der Waals surface area contributed by atoms with Crippen molar-refractivity contribution in [2.45, 2.75) is 24.9 Å². The molecule has 2 aromatic carbocycles. The molecular weight excluding hydrogens is 236 g/mol. The van der Waals surface area contributed by atoms with Crippen LogP contribution in [0.1, 0.15) is 24.4 Å². The minimum atomic E-state index is 0.0621. The Bertz CT molecular complexity index is 578. The summed E-state index contributed by atoms with van der Waals surface area (Å²) in [5.41, 5.74) is 7.42. The van der Waals surface area contributed by atoms with Crippen molar-refractivity contribution in [3.8, 4) is 5.75 Å². The lowest BCUT2D eigenvalue weighted by molar-refractivity contribution is 0.415. The predicted octanol–water partition coefficient (Wildman–Crippen LogP) is 2.60. The summed E-state index contributed by atoms with van der Waals surface area (Å²) in [6, 6.07) is 13.3. The van der Waals surface area contributed by atoms with E-state index in [1.807, 2.05) is 12.1 Å². The minimum Gasteiger partial charge on any atom is -0.497 e. The van der Waals surface area contributed by atoms with E-state index < -0.39 is 0 Å². The Kier molecular flexibility index (Phi) is 3.40. The third-order valence-corrected chi connectivity index (χ3v) is 3.70. The lowest BCUT2D eigenvalue weighted by Crippen LogP contribution is -2.28. The highest BCUT2D eigenvalue weighted by Gasteiger charge is 2.21. The van der Waals surface area contributed by atoms with Crippen molar-refractivity contribution in [3.05, 3.63) is 42.0 Å². The third kappa shape index (κ3) is 2.88. The highest BCUT2D eigenvalue weighted by Crippen LogP contribution is 2.24. The van der Waals surface area contributed by atoms with Crippen LogP contribution in [0.3, 0.4) is 0 Å². The summed E-state index contributed by atoms with van der Waals surface area (Å²) in [6.45, 7) is 0.854. The summed E-state index contributed by atoms with van der Waals surface area (Å²) < 4.78 is 5.24. The number of nitrogens with one attached hydrogen (secondary N) is 1. The number of benzene rings is 2. The molecule has 0 radical (unpaired) electrons. The fourth-order valence-electron chi connectivity index (χ4n) is 2.30. The molecular formula is C16H20N2O. The van der Waals surface area contributed by atoms with Gasteiger partial charge in [-0.3, -0.25) is 0 Å². The molecule has 3 N–H and O–H groups in total. The first-order valence-corrected chi connectivity index (χ1v) is 6.83. The van der Waals surface area contributed by atoms with E-state index in [1.54, 1.807) is 7.11 Å². The van der Waals surface area contributed by atoms with Crippen LogP contribution in [-0.2, 0) is 0 Å². The molecule has 100 valence electrons. The van der Waals surface area contributed by atoms with Gasteiger partial charge in [0.25, 0.3) is 0 Å². The highest BCUT2D eigenvalue weighted by atomic mass is 16.5. The Hall–Kier alpha value is -1.58. The molecule has 2 aromatic rings. The highest BCUT2D eigenvalue weighted by molar-refractivity contribution is 5.84. The molecule has 1 aliphatic rings. The van der Waals surface area contributed by atoms with E-state index in [1.165, 1.54) is 29.2 Å². The number of nitrogens with two attached hydrogens (primary N) is 1. The first-order valence-electron chi connectivity index (χ1n) is 6.83. The molecule has 1 saturated carbocycles. The van der Waals surface area contributed by atoms with Gasteiger partial charge in [-0.2, -0.15) is 0 Å². The van der Waals surface area contributed by atoms with E-state index in [2.05, 4.69) is 29.6 Å². The maximum Gasteiger partial charge on any atom is 0.119 e. The van der Waals surface area contributed by atoms with Crippen LogP contribution in [0.2, 0.25) is 0 Å². The van der Waals surface area contributed by atoms with Gasteiger partial charge >= 0.3 is 0 Å².